The van der Waals surface area contributed by atoms with E-state index in [-0.39, 0.29) is 5.56 Å². The number of hydrogen-bond donors (Lipinski definition) is 0. The van der Waals surface area contributed by atoms with Gasteiger partial charge in [0, 0.05) is 15.7 Å². The number of aromatic nitrogens is 2. The van der Waals surface area contributed by atoms with Crippen molar-refractivity contribution in [3.05, 3.63) is 62.2 Å². The molecular formula is C20H19ClN2OS2. The maximum Gasteiger partial charge on any atom is 0.267 e. The molecule has 0 unspecified atom stereocenters. The van der Waals surface area contributed by atoms with Crippen molar-refractivity contribution < 1.29 is 0 Å². The zero-order chi connectivity index (χ0) is 18.3. The molecule has 0 atom stereocenters. The lowest BCUT2D eigenvalue weighted by Gasteiger charge is -2.14. The van der Waals surface area contributed by atoms with Crippen LogP contribution in [0.5, 0.6) is 0 Å². The van der Waals surface area contributed by atoms with E-state index >= 15 is 0 Å². The molecule has 0 aliphatic heterocycles. The molecule has 134 valence electrons. The summed E-state index contributed by atoms with van der Waals surface area (Å²) in [4.78, 5) is 20.5. The van der Waals surface area contributed by atoms with Gasteiger partial charge < -0.3 is 0 Å². The molecule has 3 aromatic rings. The zero-order valence-electron chi connectivity index (χ0n) is 14.5. The Morgan fingerprint density at radius 1 is 1.38 bits per heavy atom. The first-order chi connectivity index (χ1) is 12.6. The van der Waals surface area contributed by atoms with Crippen LogP contribution in [0.25, 0.3) is 15.9 Å². The topological polar surface area (TPSA) is 34.9 Å². The summed E-state index contributed by atoms with van der Waals surface area (Å²) >= 11 is 9.53. The van der Waals surface area contributed by atoms with E-state index in [1.807, 2.05) is 31.2 Å². The Morgan fingerprint density at radius 2 is 2.19 bits per heavy atom. The number of thioether (sulfide) groups is 1. The number of benzene rings is 1. The highest BCUT2D eigenvalue weighted by Crippen LogP contribution is 2.35. The quantitative estimate of drug-likeness (QED) is 0.325. The van der Waals surface area contributed by atoms with E-state index in [9.17, 15) is 4.79 Å². The molecule has 0 N–H and O–H groups in total. The van der Waals surface area contributed by atoms with Crippen LogP contribution in [0.4, 0.5) is 0 Å². The molecule has 0 amide bonds. The van der Waals surface area contributed by atoms with Gasteiger partial charge in [-0.1, -0.05) is 35.5 Å². The van der Waals surface area contributed by atoms with E-state index in [0.29, 0.717) is 15.9 Å². The number of nitrogens with zero attached hydrogens (tertiary/aromatic N) is 2. The average molecular weight is 403 g/mol. The summed E-state index contributed by atoms with van der Waals surface area (Å²) < 4.78 is 1.71. The van der Waals surface area contributed by atoms with Gasteiger partial charge in [-0.25, -0.2) is 4.98 Å². The van der Waals surface area contributed by atoms with Crippen molar-refractivity contribution in [2.45, 2.75) is 37.8 Å². The lowest BCUT2D eigenvalue weighted by Crippen LogP contribution is -2.22. The highest BCUT2D eigenvalue weighted by atomic mass is 35.5. The Bertz CT molecular complexity index is 1070. The first kappa shape index (κ1) is 17.8. The first-order valence-corrected chi connectivity index (χ1v) is 10.9. The second kappa shape index (κ2) is 7.22. The Morgan fingerprint density at radius 3 is 2.96 bits per heavy atom. The largest absolute Gasteiger partial charge is 0.268 e. The van der Waals surface area contributed by atoms with Gasteiger partial charge in [0.25, 0.3) is 5.56 Å². The minimum absolute atomic E-state index is 0.0147. The second-order valence-corrected chi connectivity index (χ2v) is 8.94. The number of hydrogen-bond acceptors (Lipinski definition) is 4. The third kappa shape index (κ3) is 3.02. The minimum Gasteiger partial charge on any atom is -0.268 e. The average Bonchev–Trinajstić information content (AvgIpc) is 3.01. The van der Waals surface area contributed by atoms with Crippen LogP contribution >= 0.6 is 34.7 Å². The molecule has 26 heavy (non-hydrogen) atoms. The molecule has 3 nitrogen and oxygen atoms in total. The lowest BCUT2D eigenvalue weighted by molar-refractivity contribution is 0.699. The molecule has 1 aromatic carbocycles. The summed E-state index contributed by atoms with van der Waals surface area (Å²) in [5.74, 6) is 0.697. The molecule has 0 saturated carbocycles. The monoisotopic (exact) mass is 402 g/mol. The van der Waals surface area contributed by atoms with Gasteiger partial charge in [0.15, 0.2) is 5.16 Å². The van der Waals surface area contributed by atoms with Crippen LogP contribution in [0, 0.1) is 6.92 Å². The number of halogens is 1. The molecule has 4 rings (SSSR count). The third-order valence-corrected chi connectivity index (χ3v) is 7.23. The van der Waals surface area contributed by atoms with E-state index in [0.717, 1.165) is 40.7 Å². The first-order valence-electron chi connectivity index (χ1n) is 8.67. The normalized spacial score (nSPS) is 13.8. The molecule has 0 radical (unpaired) electrons. The van der Waals surface area contributed by atoms with E-state index in [4.69, 9.17) is 16.6 Å². The van der Waals surface area contributed by atoms with E-state index in [1.54, 1.807) is 15.9 Å². The summed E-state index contributed by atoms with van der Waals surface area (Å²) in [6.07, 6.45) is 6.19. The van der Waals surface area contributed by atoms with Crippen LogP contribution in [0.2, 0.25) is 5.02 Å². The van der Waals surface area contributed by atoms with Crippen molar-refractivity contribution in [2.75, 3.05) is 5.75 Å². The van der Waals surface area contributed by atoms with Crippen molar-refractivity contribution in [2.24, 2.45) is 0 Å². The number of rotatable bonds is 4. The maximum absolute atomic E-state index is 13.5. The number of thiophene rings is 1. The van der Waals surface area contributed by atoms with Crippen molar-refractivity contribution in [3.8, 4) is 5.69 Å². The molecule has 0 bridgehead atoms. The highest BCUT2D eigenvalue weighted by molar-refractivity contribution is 7.99. The van der Waals surface area contributed by atoms with Crippen LogP contribution in [-0.4, -0.2) is 15.3 Å². The van der Waals surface area contributed by atoms with Gasteiger partial charge >= 0.3 is 0 Å². The van der Waals surface area contributed by atoms with Gasteiger partial charge in [0.1, 0.15) is 4.83 Å². The fourth-order valence-electron chi connectivity index (χ4n) is 3.37. The van der Waals surface area contributed by atoms with Crippen LogP contribution < -0.4 is 5.56 Å². The van der Waals surface area contributed by atoms with Gasteiger partial charge in [-0.3, -0.25) is 9.36 Å². The summed E-state index contributed by atoms with van der Waals surface area (Å²) in [6, 6.07) is 5.73. The zero-order valence-corrected chi connectivity index (χ0v) is 16.9. The fraction of sp³-hybridized carbons (Fsp3) is 0.300. The van der Waals surface area contributed by atoms with Crippen LogP contribution in [-0.2, 0) is 12.8 Å². The van der Waals surface area contributed by atoms with Crippen LogP contribution in [0.15, 0.2) is 40.8 Å². The minimum atomic E-state index is 0.0147. The summed E-state index contributed by atoms with van der Waals surface area (Å²) in [6.45, 7) is 5.74. The standard InChI is InChI=1S/C20H19ClN2OS2/c1-3-10-25-20-22-18-17(14-6-4-5-7-16(14)26-18)19(24)23(20)13-9-8-12(2)15(21)11-13/h3,8-9,11H,1,4-7,10H2,2H3. The smallest absolute Gasteiger partial charge is 0.267 e. The summed E-state index contributed by atoms with van der Waals surface area (Å²) in [7, 11) is 0. The van der Waals surface area contributed by atoms with Crippen molar-refractivity contribution in [3.63, 3.8) is 0 Å². The van der Waals surface area contributed by atoms with Crippen molar-refractivity contribution in [1.82, 2.24) is 9.55 Å². The maximum atomic E-state index is 13.5. The van der Waals surface area contributed by atoms with Gasteiger partial charge in [0.05, 0.1) is 11.1 Å². The van der Waals surface area contributed by atoms with Crippen LogP contribution in [0.1, 0.15) is 28.8 Å². The Kier molecular flexibility index (Phi) is 4.95. The van der Waals surface area contributed by atoms with Crippen LogP contribution in [0.3, 0.4) is 0 Å². The van der Waals surface area contributed by atoms with Gasteiger partial charge in [-0.15, -0.1) is 17.9 Å². The molecule has 2 heterocycles. The summed E-state index contributed by atoms with van der Waals surface area (Å²) in [5, 5.41) is 2.15. The molecule has 1 aliphatic carbocycles. The third-order valence-electron chi connectivity index (χ3n) is 4.70. The van der Waals surface area contributed by atoms with Gasteiger partial charge in [-0.05, 0) is 55.9 Å². The van der Waals surface area contributed by atoms with Gasteiger partial charge in [0.2, 0.25) is 0 Å². The van der Waals surface area contributed by atoms with E-state index < -0.39 is 0 Å². The molecular weight excluding hydrogens is 384 g/mol. The predicted molar refractivity (Wildman–Crippen MR) is 113 cm³/mol. The van der Waals surface area contributed by atoms with Gasteiger partial charge in [-0.2, -0.15) is 0 Å². The fourth-order valence-corrected chi connectivity index (χ4v) is 5.59. The molecule has 0 fully saturated rings. The van der Waals surface area contributed by atoms with E-state index in [1.165, 1.54) is 28.6 Å². The Hall–Kier alpha value is -1.56. The molecule has 1 aliphatic rings. The molecule has 0 saturated heterocycles. The number of fused-ring (bicyclic) bond motifs is 3. The predicted octanol–water partition coefficient (Wildman–Crippen LogP) is 5.57. The Labute approximate surface area is 165 Å². The SMILES string of the molecule is C=CCSc1nc2sc3c(c2c(=O)n1-c1ccc(C)c(Cl)c1)CCCC3. The van der Waals surface area contributed by atoms with Crippen molar-refractivity contribution in [1.29, 1.82) is 0 Å². The number of aryl methyl sites for hydroxylation is 3. The molecule has 0 spiro atoms. The summed E-state index contributed by atoms with van der Waals surface area (Å²) in [5.41, 5.74) is 2.98. The lowest BCUT2D eigenvalue weighted by atomic mass is 9.97. The van der Waals surface area contributed by atoms with E-state index in [2.05, 4.69) is 6.58 Å². The Balaban J connectivity index is 2.01. The molecule has 2 aromatic heterocycles. The highest BCUT2D eigenvalue weighted by Gasteiger charge is 2.22. The van der Waals surface area contributed by atoms with Crippen molar-refractivity contribution >= 4 is 44.9 Å². The second-order valence-electron chi connectivity index (χ2n) is 6.46. The molecule has 6 heteroatoms.